The molecule has 7 heteroatoms. The number of nitrogens with one attached hydrogen (secondary N) is 1. The van der Waals surface area contributed by atoms with Gasteiger partial charge < -0.3 is 4.90 Å². The van der Waals surface area contributed by atoms with Crippen molar-refractivity contribution >= 4 is 11.4 Å². The maximum Gasteiger partial charge on any atom is 0.292 e. The summed E-state index contributed by atoms with van der Waals surface area (Å²) in [5, 5.41) is 17.8. The smallest absolute Gasteiger partial charge is 0.292 e. The second-order valence-electron chi connectivity index (χ2n) is 4.47. The lowest BCUT2D eigenvalue weighted by Crippen LogP contribution is -2.24. The number of nitro benzene ring substituents is 1. The van der Waals surface area contributed by atoms with E-state index in [0.29, 0.717) is 5.69 Å². The Balaban J connectivity index is 1.99. The highest BCUT2D eigenvalue weighted by Gasteiger charge is 2.32. The van der Waals surface area contributed by atoms with E-state index in [0.717, 1.165) is 25.2 Å². The molecule has 0 unspecified atom stereocenters. The molecule has 2 aromatic rings. The van der Waals surface area contributed by atoms with Gasteiger partial charge in [0.2, 0.25) is 0 Å². The molecule has 0 saturated carbocycles. The Kier molecular flexibility index (Phi) is 2.86. The van der Waals surface area contributed by atoms with Gasteiger partial charge in [0, 0.05) is 12.6 Å². The number of aromatic nitrogens is 3. The van der Waals surface area contributed by atoms with Crippen LogP contribution in [0.15, 0.2) is 30.6 Å². The molecular formula is C12H13N5O2. The van der Waals surface area contributed by atoms with E-state index in [9.17, 15) is 10.1 Å². The van der Waals surface area contributed by atoms with Gasteiger partial charge in [-0.3, -0.25) is 15.2 Å². The molecule has 0 amide bonds. The maximum absolute atomic E-state index is 11.1. The first kappa shape index (κ1) is 11.6. The van der Waals surface area contributed by atoms with Crippen LogP contribution in [0.4, 0.5) is 11.4 Å². The summed E-state index contributed by atoms with van der Waals surface area (Å²) in [4.78, 5) is 17.0. The predicted molar refractivity (Wildman–Crippen MR) is 68.8 cm³/mol. The zero-order valence-corrected chi connectivity index (χ0v) is 10.2. The molecule has 1 fully saturated rings. The first-order valence-corrected chi connectivity index (χ1v) is 6.12. The number of nitro groups is 1. The third-order valence-corrected chi connectivity index (χ3v) is 3.39. The predicted octanol–water partition coefficient (Wildman–Crippen LogP) is 2.05. The van der Waals surface area contributed by atoms with Crippen LogP contribution in [0.5, 0.6) is 0 Å². The Labute approximate surface area is 109 Å². The summed E-state index contributed by atoms with van der Waals surface area (Å²) in [6.45, 7) is 0.788. The summed E-state index contributed by atoms with van der Waals surface area (Å²) in [5.41, 5.74) is 0.778. The molecule has 1 aliphatic rings. The zero-order valence-electron chi connectivity index (χ0n) is 10.2. The molecule has 7 nitrogen and oxygen atoms in total. The van der Waals surface area contributed by atoms with Crippen molar-refractivity contribution in [2.24, 2.45) is 0 Å². The topological polar surface area (TPSA) is 87.9 Å². The summed E-state index contributed by atoms with van der Waals surface area (Å²) in [6.07, 6.45) is 3.36. The van der Waals surface area contributed by atoms with Gasteiger partial charge in [0.15, 0.2) is 0 Å². The minimum Gasteiger partial charge on any atom is -0.356 e. The van der Waals surface area contributed by atoms with Crippen LogP contribution in [-0.2, 0) is 0 Å². The van der Waals surface area contributed by atoms with Crippen molar-refractivity contribution in [2.45, 2.75) is 18.9 Å². The van der Waals surface area contributed by atoms with Crippen molar-refractivity contribution < 1.29 is 4.92 Å². The highest BCUT2D eigenvalue weighted by atomic mass is 16.6. The highest BCUT2D eigenvalue weighted by Crippen LogP contribution is 2.38. The summed E-state index contributed by atoms with van der Waals surface area (Å²) >= 11 is 0. The number of para-hydroxylation sites is 2. The molecule has 1 aromatic heterocycles. The van der Waals surface area contributed by atoms with Gasteiger partial charge in [-0.2, -0.15) is 5.10 Å². The minimum atomic E-state index is -0.342. The standard InChI is InChI=1S/C12H13N5O2/c18-17(19)10-5-2-1-4-9(10)16-7-3-6-11(16)12-13-8-14-15-12/h1-2,4-5,8,11H,3,6-7H2,(H,13,14,15)/t11-/m0/s1. The fraction of sp³-hybridized carbons (Fsp3) is 0.333. The third kappa shape index (κ3) is 2.03. The number of H-pyrrole nitrogens is 1. The quantitative estimate of drug-likeness (QED) is 0.673. The fourth-order valence-corrected chi connectivity index (χ4v) is 2.58. The number of benzene rings is 1. The monoisotopic (exact) mass is 259 g/mol. The van der Waals surface area contributed by atoms with Crippen LogP contribution >= 0.6 is 0 Å². The number of rotatable bonds is 3. The normalized spacial score (nSPS) is 18.7. The van der Waals surface area contributed by atoms with E-state index in [1.165, 1.54) is 12.4 Å². The van der Waals surface area contributed by atoms with Crippen molar-refractivity contribution in [2.75, 3.05) is 11.4 Å². The molecule has 0 radical (unpaired) electrons. The number of nitrogens with zero attached hydrogens (tertiary/aromatic N) is 4. The largest absolute Gasteiger partial charge is 0.356 e. The van der Waals surface area contributed by atoms with E-state index in [-0.39, 0.29) is 16.7 Å². The van der Waals surface area contributed by atoms with Crippen LogP contribution in [-0.4, -0.2) is 26.6 Å². The molecule has 1 N–H and O–H groups in total. The molecule has 19 heavy (non-hydrogen) atoms. The van der Waals surface area contributed by atoms with Crippen LogP contribution in [0.1, 0.15) is 24.7 Å². The van der Waals surface area contributed by atoms with Gasteiger partial charge in [0.1, 0.15) is 17.8 Å². The van der Waals surface area contributed by atoms with E-state index < -0.39 is 0 Å². The van der Waals surface area contributed by atoms with Crippen molar-refractivity contribution in [3.63, 3.8) is 0 Å². The van der Waals surface area contributed by atoms with Crippen LogP contribution in [0.3, 0.4) is 0 Å². The van der Waals surface area contributed by atoms with Crippen LogP contribution in [0.2, 0.25) is 0 Å². The van der Waals surface area contributed by atoms with Crippen molar-refractivity contribution in [3.8, 4) is 0 Å². The lowest BCUT2D eigenvalue weighted by Gasteiger charge is -2.24. The first-order chi connectivity index (χ1) is 9.27. The van der Waals surface area contributed by atoms with Gasteiger partial charge in [-0.15, -0.1) is 0 Å². The molecule has 0 spiro atoms. The van der Waals surface area contributed by atoms with Gasteiger partial charge in [-0.1, -0.05) is 12.1 Å². The first-order valence-electron chi connectivity index (χ1n) is 6.12. The molecule has 2 heterocycles. The minimum absolute atomic E-state index is 0.0311. The summed E-state index contributed by atoms with van der Waals surface area (Å²) in [6, 6.07) is 6.85. The fourth-order valence-electron chi connectivity index (χ4n) is 2.58. The molecule has 1 atom stereocenters. The average Bonchev–Trinajstić information content (AvgIpc) is 3.09. The Hall–Kier alpha value is -2.44. The van der Waals surface area contributed by atoms with Crippen molar-refractivity contribution in [1.29, 1.82) is 0 Å². The van der Waals surface area contributed by atoms with Crippen LogP contribution in [0.25, 0.3) is 0 Å². The Morgan fingerprint density at radius 3 is 3.00 bits per heavy atom. The van der Waals surface area contributed by atoms with Crippen molar-refractivity contribution in [3.05, 3.63) is 46.5 Å². The lowest BCUT2D eigenvalue weighted by atomic mass is 10.2. The summed E-state index contributed by atoms with van der Waals surface area (Å²) in [7, 11) is 0. The van der Waals surface area contributed by atoms with Crippen LogP contribution in [0, 0.1) is 10.1 Å². The second-order valence-corrected chi connectivity index (χ2v) is 4.47. The molecule has 3 rings (SSSR count). The maximum atomic E-state index is 11.1. The number of hydrogen-bond acceptors (Lipinski definition) is 5. The van der Waals surface area contributed by atoms with E-state index in [1.54, 1.807) is 12.1 Å². The van der Waals surface area contributed by atoms with E-state index in [4.69, 9.17) is 0 Å². The molecule has 1 saturated heterocycles. The number of aromatic amines is 1. The Morgan fingerprint density at radius 2 is 2.26 bits per heavy atom. The molecule has 0 aliphatic carbocycles. The Bertz CT molecular complexity index is 584. The molecule has 98 valence electrons. The average molecular weight is 259 g/mol. The van der Waals surface area contributed by atoms with Gasteiger partial charge in [-0.25, -0.2) is 4.98 Å². The second kappa shape index (κ2) is 4.68. The molecular weight excluding hydrogens is 246 g/mol. The molecule has 0 bridgehead atoms. The lowest BCUT2D eigenvalue weighted by molar-refractivity contribution is -0.384. The third-order valence-electron chi connectivity index (χ3n) is 3.39. The molecule has 1 aliphatic heterocycles. The van der Waals surface area contributed by atoms with E-state index in [2.05, 4.69) is 15.2 Å². The van der Waals surface area contributed by atoms with E-state index in [1.807, 2.05) is 11.0 Å². The Morgan fingerprint density at radius 1 is 1.42 bits per heavy atom. The van der Waals surface area contributed by atoms with Gasteiger partial charge in [0.25, 0.3) is 5.69 Å². The summed E-state index contributed by atoms with van der Waals surface area (Å²) in [5.74, 6) is 0.760. The SMILES string of the molecule is O=[N+]([O-])c1ccccc1N1CCC[C@H]1c1ncn[nH]1. The highest BCUT2D eigenvalue weighted by molar-refractivity contribution is 5.64. The number of anilines is 1. The van der Waals surface area contributed by atoms with Crippen molar-refractivity contribution in [1.82, 2.24) is 15.2 Å². The zero-order chi connectivity index (χ0) is 13.2. The van der Waals surface area contributed by atoms with Crippen LogP contribution < -0.4 is 4.90 Å². The van der Waals surface area contributed by atoms with E-state index >= 15 is 0 Å². The van der Waals surface area contributed by atoms with Gasteiger partial charge >= 0.3 is 0 Å². The van der Waals surface area contributed by atoms with Gasteiger partial charge in [0.05, 0.1) is 11.0 Å². The van der Waals surface area contributed by atoms with Gasteiger partial charge in [-0.05, 0) is 18.9 Å². The summed E-state index contributed by atoms with van der Waals surface area (Å²) < 4.78 is 0. The number of hydrogen-bond donors (Lipinski definition) is 1. The molecule has 1 aromatic carbocycles.